The number of benzene rings is 1. The number of hydrogen-bond donors (Lipinski definition) is 0. The molecular formula is C16H11Cl2FN4O2. The minimum Gasteiger partial charge on any atom is -0.461 e. The molecule has 0 unspecified atom stereocenters. The third kappa shape index (κ3) is 3.47. The lowest BCUT2D eigenvalue weighted by Crippen LogP contribution is -2.08. The highest BCUT2D eigenvalue weighted by atomic mass is 35.5. The quantitative estimate of drug-likeness (QED) is 0.506. The van der Waals surface area contributed by atoms with E-state index in [1.54, 1.807) is 19.1 Å². The number of nitrogens with zero attached hydrogens (tertiary/aromatic N) is 4. The van der Waals surface area contributed by atoms with E-state index in [2.05, 4.69) is 15.3 Å². The van der Waals surface area contributed by atoms with Gasteiger partial charge in [-0.1, -0.05) is 28.4 Å². The molecule has 3 aromatic rings. The van der Waals surface area contributed by atoms with E-state index in [0.717, 1.165) is 0 Å². The van der Waals surface area contributed by atoms with Crippen molar-refractivity contribution in [2.24, 2.45) is 0 Å². The summed E-state index contributed by atoms with van der Waals surface area (Å²) in [6, 6.07) is 7.29. The second kappa shape index (κ2) is 7.16. The number of aromatic nitrogens is 4. The fraction of sp³-hybridized carbons (Fsp3) is 0.125. The van der Waals surface area contributed by atoms with E-state index >= 15 is 0 Å². The largest absolute Gasteiger partial charge is 0.461 e. The molecule has 0 N–H and O–H groups in total. The number of esters is 1. The normalized spacial score (nSPS) is 10.7. The Balaban J connectivity index is 2.20. The molecule has 0 aliphatic heterocycles. The molecule has 2 heterocycles. The van der Waals surface area contributed by atoms with Gasteiger partial charge in [-0.3, -0.25) is 0 Å². The number of carbonyl (C=O) groups excluding carboxylic acids is 1. The Morgan fingerprint density at radius 1 is 1.28 bits per heavy atom. The minimum absolute atomic E-state index is 0.00594. The second-order valence-corrected chi connectivity index (χ2v) is 5.68. The lowest BCUT2D eigenvalue weighted by atomic mass is 10.1. The van der Waals surface area contributed by atoms with Crippen molar-refractivity contribution in [2.45, 2.75) is 6.92 Å². The summed E-state index contributed by atoms with van der Waals surface area (Å²) in [5.74, 6) is -1.20. The molecule has 0 saturated heterocycles. The van der Waals surface area contributed by atoms with Gasteiger partial charge < -0.3 is 4.74 Å². The zero-order chi connectivity index (χ0) is 18.0. The van der Waals surface area contributed by atoms with E-state index in [9.17, 15) is 9.18 Å². The molecule has 0 radical (unpaired) electrons. The van der Waals surface area contributed by atoms with Gasteiger partial charge >= 0.3 is 5.97 Å². The first-order valence-electron chi connectivity index (χ1n) is 7.21. The van der Waals surface area contributed by atoms with Crippen LogP contribution in [0.3, 0.4) is 0 Å². The Bertz CT molecular complexity index is 928. The number of carbonyl (C=O) groups is 1. The molecule has 128 valence electrons. The van der Waals surface area contributed by atoms with Gasteiger partial charge in [-0.25, -0.2) is 18.9 Å². The monoisotopic (exact) mass is 380 g/mol. The van der Waals surface area contributed by atoms with E-state index in [1.807, 2.05) is 0 Å². The molecule has 0 atom stereocenters. The van der Waals surface area contributed by atoms with Gasteiger partial charge in [0.1, 0.15) is 16.7 Å². The van der Waals surface area contributed by atoms with Crippen LogP contribution in [0.1, 0.15) is 17.4 Å². The SMILES string of the molecule is CCOC(=O)c1nnn(-c2ccc(F)c(Cl)c2)c1-c1ccc(Cl)nc1. The summed E-state index contributed by atoms with van der Waals surface area (Å²) in [5, 5.41) is 8.10. The fourth-order valence-electron chi connectivity index (χ4n) is 2.19. The van der Waals surface area contributed by atoms with E-state index in [-0.39, 0.29) is 17.3 Å². The van der Waals surface area contributed by atoms with Gasteiger partial charge in [-0.15, -0.1) is 5.10 Å². The Morgan fingerprint density at radius 3 is 2.72 bits per heavy atom. The smallest absolute Gasteiger partial charge is 0.361 e. The van der Waals surface area contributed by atoms with Crippen LogP contribution in [0.2, 0.25) is 10.2 Å². The first-order chi connectivity index (χ1) is 12.0. The summed E-state index contributed by atoms with van der Waals surface area (Å²) >= 11 is 11.7. The van der Waals surface area contributed by atoms with Crippen LogP contribution in [0.5, 0.6) is 0 Å². The van der Waals surface area contributed by atoms with Crippen molar-refractivity contribution in [1.82, 2.24) is 20.0 Å². The Labute approximate surface area is 152 Å². The van der Waals surface area contributed by atoms with Gasteiger partial charge in [0.05, 0.1) is 17.3 Å². The van der Waals surface area contributed by atoms with E-state index < -0.39 is 11.8 Å². The van der Waals surface area contributed by atoms with Gasteiger partial charge in [0, 0.05) is 11.8 Å². The van der Waals surface area contributed by atoms with Crippen LogP contribution in [-0.4, -0.2) is 32.6 Å². The van der Waals surface area contributed by atoms with Crippen LogP contribution < -0.4 is 0 Å². The molecular weight excluding hydrogens is 370 g/mol. The maximum Gasteiger partial charge on any atom is 0.361 e. The molecule has 6 nitrogen and oxygen atoms in total. The van der Waals surface area contributed by atoms with Crippen molar-refractivity contribution < 1.29 is 13.9 Å². The van der Waals surface area contributed by atoms with Crippen LogP contribution in [0.4, 0.5) is 4.39 Å². The van der Waals surface area contributed by atoms with Gasteiger partial charge in [0.2, 0.25) is 0 Å². The number of ether oxygens (including phenoxy) is 1. The molecule has 0 saturated carbocycles. The van der Waals surface area contributed by atoms with Crippen LogP contribution in [0.25, 0.3) is 16.9 Å². The second-order valence-electron chi connectivity index (χ2n) is 4.89. The molecule has 9 heteroatoms. The highest BCUT2D eigenvalue weighted by molar-refractivity contribution is 6.31. The van der Waals surface area contributed by atoms with Gasteiger partial charge in [0.25, 0.3) is 0 Å². The summed E-state index contributed by atoms with van der Waals surface area (Å²) < 4.78 is 19.8. The molecule has 0 amide bonds. The molecule has 2 aromatic heterocycles. The zero-order valence-electron chi connectivity index (χ0n) is 12.9. The minimum atomic E-state index is -0.632. The van der Waals surface area contributed by atoms with Crippen molar-refractivity contribution in [3.05, 3.63) is 58.2 Å². The summed E-state index contributed by atoms with van der Waals surface area (Å²) in [5.41, 5.74) is 1.31. The number of rotatable bonds is 4. The molecule has 0 bridgehead atoms. The third-order valence-electron chi connectivity index (χ3n) is 3.29. The molecule has 3 rings (SSSR count). The Kier molecular flexibility index (Phi) is 4.96. The number of pyridine rings is 1. The summed E-state index contributed by atoms with van der Waals surface area (Å²) in [6.07, 6.45) is 1.48. The van der Waals surface area contributed by atoms with Crippen LogP contribution in [0.15, 0.2) is 36.5 Å². The van der Waals surface area contributed by atoms with Crippen molar-refractivity contribution in [3.8, 4) is 16.9 Å². The first-order valence-corrected chi connectivity index (χ1v) is 7.97. The Hall–Kier alpha value is -2.51. The standard InChI is InChI=1S/C16H11Cl2FN4O2/c1-2-25-16(24)14-15(9-3-6-13(18)20-8-9)23(22-21-14)10-4-5-12(19)11(17)7-10/h3-8H,2H2,1H3. The van der Waals surface area contributed by atoms with Crippen molar-refractivity contribution in [2.75, 3.05) is 6.61 Å². The fourth-order valence-corrected chi connectivity index (χ4v) is 2.48. The average molecular weight is 381 g/mol. The van der Waals surface area contributed by atoms with E-state index in [1.165, 1.54) is 29.1 Å². The van der Waals surface area contributed by atoms with Gasteiger partial charge in [0.15, 0.2) is 5.69 Å². The molecule has 0 spiro atoms. The highest BCUT2D eigenvalue weighted by Gasteiger charge is 2.23. The van der Waals surface area contributed by atoms with Crippen molar-refractivity contribution in [1.29, 1.82) is 0 Å². The van der Waals surface area contributed by atoms with E-state index in [4.69, 9.17) is 27.9 Å². The first kappa shape index (κ1) is 17.3. The van der Waals surface area contributed by atoms with Crippen LogP contribution >= 0.6 is 23.2 Å². The van der Waals surface area contributed by atoms with Crippen molar-refractivity contribution >= 4 is 29.2 Å². The maximum absolute atomic E-state index is 13.4. The number of halogens is 3. The predicted molar refractivity (Wildman–Crippen MR) is 90.5 cm³/mol. The summed E-state index contributed by atoms with van der Waals surface area (Å²) in [7, 11) is 0. The highest BCUT2D eigenvalue weighted by Crippen LogP contribution is 2.27. The van der Waals surface area contributed by atoms with Gasteiger partial charge in [-0.05, 0) is 37.3 Å². The van der Waals surface area contributed by atoms with Gasteiger partial charge in [-0.2, -0.15) is 0 Å². The predicted octanol–water partition coefficient (Wildman–Crippen LogP) is 3.95. The average Bonchev–Trinajstić information content (AvgIpc) is 3.03. The molecule has 25 heavy (non-hydrogen) atoms. The summed E-state index contributed by atoms with van der Waals surface area (Å²) in [4.78, 5) is 16.2. The van der Waals surface area contributed by atoms with Crippen LogP contribution in [0, 0.1) is 5.82 Å². The molecule has 0 fully saturated rings. The summed E-state index contributed by atoms with van der Waals surface area (Å²) in [6.45, 7) is 1.87. The lowest BCUT2D eigenvalue weighted by molar-refractivity contribution is 0.0520. The number of hydrogen-bond acceptors (Lipinski definition) is 5. The zero-order valence-corrected chi connectivity index (χ0v) is 14.4. The molecule has 0 aliphatic rings. The molecule has 1 aromatic carbocycles. The molecule has 0 aliphatic carbocycles. The Morgan fingerprint density at radius 2 is 2.08 bits per heavy atom. The van der Waals surface area contributed by atoms with Crippen molar-refractivity contribution in [3.63, 3.8) is 0 Å². The third-order valence-corrected chi connectivity index (χ3v) is 3.80. The van der Waals surface area contributed by atoms with Crippen LogP contribution in [-0.2, 0) is 4.74 Å². The topological polar surface area (TPSA) is 69.9 Å². The lowest BCUT2D eigenvalue weighted by Gasteiger charge is -2.08. The maximum atomic E-state index is 13.4. The van der Waals surface area contributed by atoms with E-state index in [0.29, 0.717) is 22.1 Å².